The van der Waals surface area contributed by atoms with E-state index in [2.05, 4.69) is 36.9 Å². The first kappa shape index (κ1) is 12.0. The SMILES string of the molecule is NCc1ccccc1C1(CS)CCOCC1. The van der Waals surface area contributed by atoms with Crippen LogP contribution >= 0.6 is 12.6 Å². The summed E-state index contributed by atoms with van der Waals surface area (Å²) in [6, 6.07) is 8.46. The highest BCUT2D eigenvalue weighted by Crippen LogP contribution is 2.37. The molecule has 0 atom stereocenters. The largest absolute Gasteiger partial charge is 0.381 e. The van der Waals surface area contributed by atoms with Gasteiger partial charge in [-0.1, -0.05) is 24.3 Å². The van der Waals surface area contributed by atoms with Crippen LogP contribution in [-0.2, 0) is 16.7 Å². The second kappa shape index (κ2) is 5.21. The third kappa shape index (κ3) is 2.12. The molecule has 1 saturated heterocycles. The van der Waals surface area contributed by atoms with Crippen LogP contribution < -0.4 is 5.73 Å². The van der Waals surface area contributed by atoms with Crippen LogP contribution in [0.1, 0.15) is 24.0 Å². The van der Waals surface area contributed by atoms with Crippen LogP contribution in [0.15, 0.2) is 24.3 Å². The summed E-state index contributed by atoms with van der Waals surface area (Å²) in [7, 11) is 0. The fraction of sp³-hybridized carbons (Fsp3) is 0.538. The smallest absolute Gasteiger partial charge is 0.0474 e. The van der Waals surface area contributed by atoms with Crippen molar-refractivity contribution in [2.45, 2.75) is 24.8 Å². The number of nitrogens with two attached hydrogens (primary N) is 1. The van der Waals surface area contributed by atoms with Crippen LogP contribution in [0.4, 0.5) is 0 Å². The topological polar surface area (TPSA) is 35.2 Å². The van der Waals surface area contributed by atoms with E-state index in [1.165, 1.54) is 11.1 Å². The summed E-state index contributed by atoms with van der Waals surface area (Å²) >= 11 is 4.55. The number of ether oxygens (including phenoxy) is 1. The normalized spacial score (nSPS) is 19.6. The predicted octanol–water partition coefficient (Wildman–Crippen LogP) is 2.12. The summed E-state index contributed by atoms with van der Waals surface area (Å²) < 4.78 is 5.46. The van der Waals surface area contributed by atoms with Crippen molar-refractivity contribution >= 4 is 12.6 Å². The summed E-state index contributed by atoms with van der Waals surface area (Å²) in [5.74, 6) is 0.868. The minimum atomic E-state index is 0.164. The first-order valence-corrected chi connectivity index (χ1v) is 6.43. The van der Waals surface area contributed by atoms with E-state index in [9.17, 15) is 0 Å². The second-order valence-corrected chi connectivity index (χ2v) is 4.73. The van der Waals surface area contributed by atoms with E-state index in [0.29, 0.717) is 6.54 Å². The van der Waals surface area contributed by atoms with Crippen LogP contribution in [0.25, 0.3) is 0 Å². The van der Waals surface area contributed by atoms with Gasteiger partial charge in [0.05, 0.1) is 0 Å². The Morgan fingerprint density at radius 2 is 1.94 bits per heavy atom. The first-order valence-electron chi connectivity index (χ1n) is 5.79. The Bertz CT molecular complexity index is 348. The van der Waals surface area contributed by atoms with Gasteiger partial charge in [-0.25, -0.2) is 0 Å². The molecular weight excluding hydrogens is 218 g/mol. The molecule has 3 heteroatoms. The van der Waals surface area contributed by atoms with Gasteiger partial charge in [0.25, 0.3) is 0 Å². The predicted molar refractivity (Wildman–Crippen MR) is 69.9 cm³/mol. The Hall–Kier alpha value is -0.510. The highest BCUT2D eigenvalue weighted by Gasteiger charge is 2.34. The minimum absolute atomic E-state index is 0.164. The molecule has 1 heterocycles. The Morgan fingerprint density at radius 3 is 2.56 bits per heavy atom. The van der Waals surface area contributed by atoms with Gasteiger partial charge in [-0.15, -0.1) is 0 Å². The van der Waals surface area contributed by atoms with Crippen LogP contribution in [0, 0.1) is 0 Å². The fourth-order valence-electron chi connectivity index (χ4n) is 2.49. The average Bonchev–Trinajstić information content (AvgIpc) is 2.39. The third-order valence-electron chi connectivity index (χ3n) is 3.56. The number of hydrogen-bond donors (Lipinski definition) is 2. The molecule has 1 fully saturated rings. The van der Waals surface area contributed by atoms with Crippen molar-refractivity contribution < 1.29 is 4.74 Å². The molecule has 0 aromatic heterocycles. The van der Waals surface area contributed by atoms with Gasteiger partial charge in [-0.3, -0.25) is 0 Å². The zero-order chi connectivity index (χ0) is 11.4. The van der Waals surface area contributed by atoms with Gasteiger partial charge in [-0.05, 0) is 24.0 Å². The van der Waals surface area contributed by atoms with Crippen molar-refractivity contribution in [3.63, 3.8) is 0 Å². The van der Waals surface area contributed by atoms with Gasteiger partial charge >= 0.3 is 0 Å². The van der Waals surface area contributed by atoms with Gasteiger partial charge in [0, 0.05) is 30.9 Å². The third-order valence-corrected chi connectivity index (χ3v) is 4.17. The maximum absolute atomic E-state index is 5.81. The molecular formula is C13H19NOS. The van der Waals surface area contributed by atoms with Crippen molar-refractivity contribution in [2.75, 3.05) is 19.0 Å². The molecule has 0 unspecified atom stereocenters. The van der Waals surface area contributed by atoms with Crippen molar-refractivity contribution in [2.24, 2.45) is 5.73 Å². The van der Waals surface area contributed by atoms with Crippen molar-refractivity contribution in [1.29, 1.82) is 0 Å². The standard InChI is InChI=1S/C13H19NOS/c14-9-11-3-1-2-4-12(11)13(10-16)5-7-15-8-6-13/h1-4,16H,5-10,14H2. The van der Waals surface area contributed by atoms with Gasteiger partial charge in [0.2, 0.25) is 0 Å². The molecule has 0 aliphatic carbocycles. The molecule has 0 spiro atoms. The molecule has 1 aromatic carbocycles. The van der Waals surface area contributed by atoms with E-state index in [4.69, 9.17) is 10.5 Å². The summed E-state index contributed by atoms with van der Waals surface area (Å²) in [4.78, 5) is 0. The number of rotatable bonds is 3. The second-order valence-electron chi connectivity index (χ2n) is 4.41. The number of thiol groups is 1. The van der Waals surface area contributed by atoms with Crippen LogP contribution in [-0.4, -0.2) is 19.0 Å². The van der Waals surface area contributed by atoms with Gasteiger partial charge in [0.15, 0.2) is 0 Å². The molecule has 2 N–H and O–H groups in total. The summed E-state index contributed by atoms with van der Waals surface area (Å²) in [5, 5.41) is 0. The number of benzene rings is 1. The Balaban J connectivity index is 2.38. The molecule has 2 nitrogen and oxygen atoms in total. The van der Waals surface area contributed by atoms with E-state index < -0.39 is 0 Å². The fourth-order valence-corrected chi connectivity index (χ4v) is 2.98. The Morgan fingerprint density at radius 1 is 1.25 bits per heavy atom. The lowest BCUT2D eigenvalue weighted by Gasteiger charge is -2.37. The van der Waals surface area contributed by atoms with E-state index in [0.717, 1.165) is 31.8 Å². The molecule has 0 bridgehead atoms. The lowest BCUT2D eigenvalue weighted by molar-refractivity contribution is 0.0578. The van der Waals surface area contributed by atoms with Crippen LogP contribution in [0.5, 0.6) is 0 Å². The molecule has 0 radical (unpaired) electrons. The van der Waals surface area contributed by atoms with Crippen molar-refractivity contribution in [3.8, 4) is 0 Å². The molecule has 2 rings (SSSR count). The van der Waals surface area contributed by atoms with E-state index >= 15 is 0 Å². The molecule has 1 aromatic rings. The molecule has 16 heavy (non-hydrogen) atoms. The highest BCUT2D eigenvalue weighted by atomic mass is 32.1. The van der Waals surface area contributed by atoms with Crippen molar-refractivity contribution in [3.05, 3.63) is 35.4 Å². The summed E-state index contributed by atoms with van der Waals surface area (Å²) in [6.07, 6.45) is 2.10. The van der Waals surface area contributed by atoms with E-state index in [-0.39, 0.29) is 5.41 Å². The number of hydrogen-bond acceptors (Lipinski definition) is 3. The molecule has 1 aliphatic rings. The molecule has 1 aliphatic heterocycles. The maximum Gasteiger partial charge on any atom is 0.0474 e. The maximum atomic E-state index is 5.81. The van der Waals surface area contributed by atoms with Crippen LogP contribution in [0.2, 0.25) is 0 Å². The zero-order valence-electron chi connectivity index (χ0n) is 9.48. The first-order chi connectivity index (χ1) is 7.82. The molecule has 0 saturated carbocycles. The Labute approximate surface area is 103 Å². The van der Waals surface area contributed by atoms with Crippen molar-refractivity contribution in [1.82, 2.24) is 0 Å². The summed E-state index contributed by atoms with van der Waals surface area (Å²) in [5.41, 5.74) is 8.60. The van der Waals surface area contributed by atoms with Gasteiger partial charge in [0.1, 0.15) is 0 Å². The Kier molecular flexibility index (Phi) is 3.90. The zero-order valence-corrected chi connectivity index (χ0v) is 10.4. The van der Waals surface area contributed by atoms with Gasteiger partial charge < -0.3 is 10.5 Å². The molecule has 88 valence electrons. The van der Waals surface area contributed by atoms with Crippen LogP contribution in [0.3, 0.4) is 0 Å². The minimum Gasteiger partial charge on any atom is -0.381 e. The molecule has 0 amide bonds. The average molecular weight is 237 g/mol. The quantitative estimate of drug-likeness (QED) is 0.790. The van der Waals surface area contributed by atoms with Gasteiger partial charge in [-0.2, -0.15) is 12.6 Å². The monoisotopic (exact) mass is 237 g/mol. The van der Waals surface area contributed by atoms with E-state index in [1.54, 1.807) is 0 Å². The highest BCUT2D eigenvalue weighted by molar-refractivity contribution is 7.80. The lowest BCUT2D eigenvalue weighted by Crippen LogP contribution is -2.36. The lowest BCUT2D eigenvalue weighted by atomic mass is 9.74. The van der Waals surface area contributed by atoms with E-state index in [1.807, 2.05) is 0 Å². The summed E-state index contributed by atoms with van der Waals surface area (Å²) in [6.45, 7) is 2.27.